The Bertz CT molecular complexity index is 490. The van der Waals surface area contributed by atoms with Gasteiger partial charge in [-0.15, -0.1) is 11.8 Å². The Kier molecular flexibility index (Phi) is 6.48. The number of carbonyl (C=O) groups excluding carboxylic acids is 1. The highest BCUT2D eigenvalue weighted by Gasteiger charge is 2.46. The first-order valence-corrected chi connectivity index (χ1v) is 9.29. The molecule has 0 spiro atoms. The smallest absolute Gasteiger partial charge is 0.322 e. The van der Waals surface area contributed by atoms with Gasteiger partial charge in [-0.2, -0.15) is 4.31 Å². The molecule has 0 aromatic rings. The SMILES string of the molecule is COC(=O)CCCS(=O)(=O)N1C(C(=O)O)CSC1C(C)C. The first-order chi connectivity index (χ1) is 9.70. The molecule has 0 amide bonds. The number of aliphatic carboxylic acids is 1. The van der Waals surface area contributed by atoms with E-state index in [2.05, 4.69) is 4.74 Å². The molecule has 0 aromatic heterocycles. The van der Waals surface area contributed by atoms with Gasteiger partial charge >= 0.3 is 11.9 Å². The van der Waals surface area contributed by atoms with Crippen LogP contribution >= 0.6 is 11.8 Å². The molecule has 1 aliphatic heterocycles. The molecule has 122 valence electrons. The minimum Gasteiger partial charge on any atom is -0.480 e. The van der Waals surface area contributed by atoms with Crippen molar-refractivity contribution in [1.82, 2.24) is 4.31 Å². The van der Waals surface area contributed by atoms with Crippen LogP contribution in [0.2, 0.25) is 0 Å². The van der Waals surface area contributed by atoms with Gasteiger partial charge in [0.15, 0.2) is 0 Å². The van der Waals surface area contributed by atoms with Gasteiger partial charge in [0.25, 0.3) is 0 Å². The fourth-order valence-corrected chi connectivity index (χ4v) is 6.00. The number of esters is 1. The molecule has 21 heavy (non-hydrogen) atoms. The van der Waals surface area contributed by atoms with E-state index in [0.717, 1.165) is 4.31 Å². The van der Waals surface area contributed by atoms with Crippen molar-refractivity contribution in [2.75, 3.05) is 18.6 Å². The van der Waals surface area contributed by atoms with Gasteiger partial charge in [-0.25, -0.2) is 8.42 Å². The van der Waals surface area contributed by atoms with Crippen LogP contribution in [0.3, 0.4) is 0 Å². The third-order valence-electron chi connectivity index (χ3n) is 3.17. The third-order valence-corrected chi connectivity index (χ3v) is 6.85. The average Bonchev–Trinajstić information content (AvgIpc) is 2.84. The lowest BCUT2D eigenvalue weighted by atomic mass is 10.2. The molecule has 9 heteroatoms. The van der Waals surface area contributed by atoms with Crippen LogP contribution in [-0.4, -0.2) is 59.8 Å². The van der Waals surface area contributed by atoms with Gasteiger partial charge in [0.1, 0.15) is 6.04 Å². The van der Waals surface area contributed by atoms with Crippen LogP contribution in [0.1, 0.15) is 26.7 Å². The van der Waals surface area contributed by atoms with Gasteiger partial charge in [-0.05, 0) is 12.3 Å². The zero-order valence-electron chi connectivity index (χ0n) is 12.3. The molecular weight excluding hydrogens is 318 g/mol. The molecule has 1 aliphatic rings. The summed E-state index contributed by atoms with van der Waals surface area (Å²) in [5.41, 5.74) is 0. The van der Waals surface area contributed by atoms with E-state index in [0.29, 0.717) is 0 Å². The highest BCUT2D eigenvalue weighted by Crippen LogP contribution is 2.36. The molecule has 1 fully saturated rings. The van der Waals surface area contributed by atoms with Crippen molar-refractivity contribution >= 4 is 33.7 Å². The van der Waals surface area contributed by atoms with Crippen molar-refractivity contribution in [3.05, 3.63) is 0 Å². The van der Waals surface area contributed by atoms with Crippen molar-refractivity contribution in [1.29, 1.82) is 0 Å². The van der Waals surface area contributed by atoms with Gasteiger partial charge in [0.05, 0.1) is 18.2 Å². The van der Waals surface area contributed by atoms with Crippen molar-refractivity contribution in [2.45, 2.75) is 38.1 Å². The topological polar surface area (TPSA) is 101 Å². The Morgan fingerprint density at radius 1 is 1.43 bits per heavy atom. The van der Waals surface area contributed by atoms with E-state index in [9.17, 15) is 23.1 Å². The van der Waals surface area contributed by atoms with Crippen molar-refractivity contribution in [2.24, 2.45) is 5.92 Å². The maximum Gasteiger partial charge on any atom is 0.322 e. The Morgan fingerprint density at radius 3 is 2.52 bits per heavy atom. The molecular formula is C12H21NO6S2. The van der Waals surface area contributed by atoms with E-state index in [1.165, 1.54) is 18.9 Å². The van der Waals surface area contributed by atoms with Crippen LogP contribution in [0.15, 0.2) is 0 Å². The van der Waals surface area contributed by atoms with E-state index in [1.54, 1.807) is 0 Å². The standard InChI is InChI=1S/C12H21NO6S2/c1-8(2)11-13(9(7-20-11)12(15)16)21(17,18)6-4-5-10(14)19-3/h8-9,11H,4-7H2,1-3H3,(H,15,16). The monoisotopic (exact) mass is 339 g/mol. The molecule has 1 heterocycles. The predicted octanol–water partition coefficient (Wildman–Crippen LogP) is 0.754. The van der Waals surface area contributed by atoms with Crippen LogP contribution < -0.4 is 0 Å². The maximum atomic E-state index is 12.4. The predicted molar refractivity (Wildman–Crippen MR) is 79.4 cm³/mol. The van der Waals surface area contributed by atoms with Crippen molar-refractivity contribution in [3.63, 3.8) is 0 Å². The van der Waals surface area contributed by atoms with Gasteiger partial charge < -0.3 is 9.84 Å². The van der Waals surface area contributed by atoms with E-state index in [1.807, 2.05) is 13.8 Å². The molecule has 7 nitrogen and oxygen atoms in total. The summed E-state index contributed by atoms with van der Waals surface area (Å²) in [5, 5.41) is 8.82. The summed E-state index contributed by atoms with van der Waals surface area (Å²) in [5.74, 6) is -1.61. The summed E-state index contributed by atoms with van der Waals surface area (Å²) in [6.07, 6.45) is 0.119. The Balaban J connectivity index is 2.84. The molecule has 0 aliphatic carbocycles. The number of carboxylic acids is 1. The minimum absolute atomic E-state index is 0.000790. The van der Waals surface area contributed by atoms with E-state index in [4.69, 9.17) is 0 Å². The lowest BCUT2D eigenvalue weighted by Gasteiger charge is -2.28. The van der Waals surface area contributed by atoms with Gasteiger partial charge in [0, 0.05) is 12.2 Å². The number of hydrogen-bond acceptors (Lipinski definition) is 6. The molecule has 0 radical (unpaired) electrons. The number of sulfonamides is 1. The Hall–Kier alpha value is -0.800. The summed E-state index contributed by atoms with van der Waals surface area (Å²) in [7, 11) is -2.49. The molecule has 1 N–H and O–H groups in total. The fourth-order valence-electron chi connectivity index (χ4n) is 2.14. The quantitative estimate of drug-likeness (QED) is 0.683. The molecule has 0 bridgehead atoms. The van der Waals surface area contributed by atoms with Crippen molar-refractivity contribution < 1.29 is 27.9 Å². The first-order valence-electron chi connectivity index (χ1n) is 6.63. The molecule has 1 rings (SSSR count). The summed E-state index contributed by atoms with van der Waals surface area (Å²) in [6, 6.07) is -1.04. The van der Waals surface area contributed by atoms with Crippen LogP contribution in [0, 0.1) is 5.92 Å². The normalized spacial score (nSPS) is 23.4. The number of carbonyl (C=O) groups is 2. The molecule has 1 saturated heterocycles. The fraction of sp³-hybridized carbons (Fsp3) is 0.833. The second kappa shape index (κ2) is 7.46. The van der Waals surface area contributed by atoms with E-state index in [-0.39, 0.29) is 35.6 Å². The van der Waals surface area contributed by atoms with Crippen LogP contribution in [-0.2, 0) is 24.3 Å². The summed E-state index contributed by atoms with van der Waals surface area (Å²) < 4.78 is 30.4. The highest BCUT2D eigenvalue weighted by molar-refractivity contribution is 8.01. The van der Waals surface area contributed by atoms with Gasteiger partial charge in [-0.1, -0.05) is 13.8 Å². The Labute approximate surface area is 129 Å². The third kappa shape index (κ3) is 4.58. The lowest BCUT2D eigenvalue weighted by molar-refractivity contribution is -0.141. The van der Waals surface area contributed by atoms with E-state index < -0.39 is 28.0 Å². The molecule has 2 atom stereocenters. The average molecular weight is 339 g/mol. The summed E-state index contributed by atoms with van der Waals surface area (Å²) >= 11 is 1.34. The number of carboxylic acid groups (broad SMARTS) is 1. The second-order valence-electron chi connectivity index (χ2n) is 5.15. The minimum atomic E-state index is -3.73. The molecule has 0 aromatic carbocycles. The number of thioether (sulfide) groups is 1. The molecule has 0 saturated carbocycles. The number of methoxy groups -OCH3 is 1. The van der Waals surface area contributed by atoms with Crippen LogP contribution in [0.5, 0.6) is 0 Å². The van der Waals surface area contributed by atoms with Crippen LogP contribution in [0.4, 0.5) is 0 Å². The van der Waals surface area contributed by atoms with Gasteiger partial charge in [-0.3, -0.25) is 9.59 Å². The second-order valence-corrected chi connectivity index (χ2v) is 8.29. The lowest BCUT2D eigenvalue weighted by Crippen LogP contribution is -2.47. The molecule has 2 unspecified atom stereocenters. The summed E-state index contributed by atoms with van der Waals surface area (Å²) in [6.45, 7) is 3.72. The number of ether oxygens (including phenoxy) is 1. The highest BCUT2D eigenvalue weighted by atomic mass is 32.2. The van der Waals surface area contributed by atoms with Crippen LogP contribution in [0.25, 0.3) is 0 Å². The number of nitrogens with zero attached hydrogens (tertiary/aromatic N) is 1. The number of hydrogen-bond donors (Lipinski definition) is 1. The zero-order valence-corrected chi connectivity index (χ0v) is 13.9. The van der Waals surface area contributed by atoms with Gasteiger partial charge in [0.2, 0.25) is 10.0 Å². The Morgan fingerprint density at radius 2 is 2.05 bits per heavy atom. The number of rotatable bonds is 7. The largest absolute Gasteiger partial charge is 0.480 e. The van der Waals surface area contributed by atoms with Crippen molar-refractivity contribution in [3.8, 4) is 0 Å². The van der Waals surface area contributed by atoms with E-state index >= 15 is 0 Å². The maximum absolute atomic E-state index is 12.4. The zero-order chi connectivity index (χ0) is 16.2. The first kappa shape index (κ1) is 18.2. The summed E-state index contributed by atoms with van der Waals surface area (Å²) in [4.78, 5) is 22.3.